The lowest BCUT2D eigenvalue weighted by molar-refractivity contribution is -0.115. The van der Waals surface area contributed by atoms with Crippen LogP contribution >= 0.6 is 11.6 Å². The number of halogens is 1. The van der Waals surface area contributed by atoms with Gasteiger partial charge in [0.2, 0.25) is 5.91 Å². The summed E-state index contributed by atoms with van der Waals surface area (Å²) < 4.78 is 29.9. The number of methoxy groups -OCH3 is 1. The molecule has 1 unspecified atom stereocenters. The van der Waals surface area contributed by atoms with Gasteiger partial charge in [0, 0.05) is 10.7 Å². The molecule has 1 N–H and O–H groups in total. The van der Waals surface area contributed by atoms with Gasteiger partial charge in [-0.3, -0.25) is 4.79 Å². The third-order valence-corrected chi connectivity index (χ3v) is 5.78. The van der Waals surface area contributed by atoms with Gasteiger partial charge >= 0.3 is 0 Å². The van der Waals surface area contributed by atoms with Crippen LogP contribution in [0.3, 0.4) is 0 Å². The summed E-state index contributed by atoms with van der Waals surface area (Å²) in [5.74, 6) is -0.179. The largest absolute Gasteiger partial charge is 0.497 e. The second kappa shape index (κ2) is 7.68. The van der Waals surface area contributed by atoms with Crippen molar-refractivity contribution in [3.8, 4) is 5.75 Å². The minimum Gasteiger partial charge on any atom is -0.497 e. The van der Waals surface area contributed by atoms with Crippen LogP contribution in [0, 0.1) is 0 Å². The van der Waals surface area contributed by atoms with Gasteiger partial charge in [0.25, 0.3) is 0 Å². The lowest BCUT2D eigenvalue weighted by atomic mass is 10.2. The molecule has 0 aliphatic heterocycles. The van der Waals surface area contributed by atoms with E-state index >= 15 is 0 Å². The summed E-state index contributed by atoms with van der Waals surface area (Å²) in [6, 6.07) is 13.2. The molecule has 0 aliphatic rings. The maximum absolute atomic E-state index is 12.4. The number of carbonyl (C=O) groups is 1. The Balaban J connectivity index is 2.07. The number of nitrogens with one attached hydrogen (secondary N) is 1. The van der Waals surface area contributed by atoms with Crippen LogP contribution in [0.5, 0.6) is 5.75 Å². The van der Waals surface area contributed by atoms with Crippen LogP contribution in [-0.2, 0) is 20.4 Å². The Bertz CT molecular complexity index is 819. The summed E-state index contributed by atoms with van der Waals surface area (Å²) in [5.41, 5.74) is 1.05. The second-order valence-corrected chi connectivity index (χ2v) is 8.06. The molecule has 128 valence electrons. The predicted molar refractivity (Wildman–Crippen MR) is 95.2 cm³/mol. The van der Waals surface area contributed by atoms with E-state index in [1.54, 1.807) is 48.5 Å². The lowest BCUT2D eigenvalue weighted by Gasteiger charge is -2.14. The molecular formula is C17H18ClNO4S. The van der Waals surface area contributed by atoms with E-state index in [1.165, 1.54) is 14.0 Å². The third-order valence-electron chi connectivity index (χ3n) is 3.52. The van der Waals surface area contributed by atoms with Crippen molar-refractivity contribution in [2.75, 3.05) is 12.4 Å². The Hall–Kier alpha value is -2.05. The maximum Gasteiger partial charge on any atom is 0.242 e. The lowest BCUT2D eigenvalue weighted by Crippen LogP contribution is -2.33. The number of ether oxygens (including phenoxy) is 1. The molecule has 24 heavy (non-hydrogen) atoms. The monoisotopic (exact) mass is 367 g/mol. The van der Waals surface area contributed by atoms with Crippen molar-refractivity contribution < 1.29 is 17.9 Å². The Labute approximate surface area is 146 Å². The Morgan fingerprint density at radius 3 is 2.46 bits per heavy atom. The summed E-state index contributed by atoms with van der Waals surface area (Å²) in [6.07, 6.45) is 0. The van der Waals surface area contributed by atoms with Crippen molar-refractivity contribution in [3.05, 3.63) is 59.1 Å². The van der Waals surface area contributed by atoms with Gasteiger partial charge in [-0.1, -0.05) is 23.7 Å². The molecule has 0 heterocycles. The van der Waals surface area contributed by atoms with Crippen molar-refractivity contribution in [1.29, 1.82) is 0 Å². The SMILES string of the molecule is COc1ccc(NC(=O)C(C)S(=O)(=O)Cc2cccc(Cl)c2)cc1. The van der Waals surface area contributed by atoms with Gasteiger partial charge in [0.15, 0.2) is 9.84 Å². The highest BCUT2D eigenvalue weighted by atomic mass is 35.5. The number of hydrogen-bond donors (Lipinski definition) is 1. The number of benzene rings is 2. The van der Waals surface area contributed by atoms with E-state index in [1.807, 2.05) is 0 Å². The van der Waals surface area contributed by atoms with Crippen molar-refractivity contribution in [2.45, 2.75) is 17.9 Å². The van der Waals surface area contributed by atoms with Crippen LogP contribution in [0.4, 0.5) is 5.69 Å². The molecule has 1 amide bonds. The zero-order chi connectivity index (χ0) is 17.7. The van der Waals surface area contributed by atoms with Crippen molar-refractivity contribution >= 4 is 33.0 Å². The second-order valence-electron chi connectivity index (χ2n) is 5.30. The molecule has 0 fully saturated rings. The molecule has 5 nitrogen and oxygen atoms in total. The summed E-state index contributed by atoms with van der Waals surface area (Å²) >= 11 is 5.86. The molecule has 0 bridgehead atoms. The van der Waals surface area contributed by atoms with Crippen molar-refractivity contribution in [1.82, 2.24) is 0 Å². The summed E-state index contributed by atoms with van der Waals surface area (Å²) in [4.78, 5) is 12.2. The van der Waals surface area contributed by atoms with E-state index in [2.05, 4.69) is 5.32 Å². The van der Waals surface area contributed by atoms with Gasteiger partial charge in [0.1, 0.15) is 11.0 Å². The first-order valence-corrected chi connectivity index (χ1v) is 9.32. The average Bonchev–Trinajstić information content (AvgIpc) is 2.54. The van der Waals surface area contributed by atoms with Crippen LogP contribution in [0.2, 0.25) is 5.02 Å². The van der Waals surface area contributed by atoms with E-state index in [0.717, 1.165) is 0 Å². The first-order valence-electron chi connectivity index (χ1n) is 7.23. The highest BCUT2D eigenvalue weighted by Gasteiger charge is 2.28. The van der Waals surface area contributed by atoms with E-state index < -0.39 is 21.0 Å². The highest BCUT2D eigenvalue weighted by Crippen LogP contribution is 2.18. The van der Waals surface area contributed by atoms with Gasteiger partial charge in [-0.05, 0) is 48.9 Å². The summed E-state index contributed by atoms with van der Waals surface area (Å²) in [5, 5.41) is 1.87. The molecule has 0 saturated carbocycles. The smallest absolute Gasteiger partial charge is 0.242 e. The van der Waals surface area contributed by atoms with Gasteiger partial charge in [-0.25, -0.2) is 8.42 Å². The molecule has 0 radical (unpaired) electrons. The summed E-state index contributed by atoms with van der Waals surface area (Å²) in [7, 11) is -2.12. The van der Waals surface area contributed by atoms with Crippen LogP contribution in [-0.4, -0.2) is 26.7 Å². The normalized spacial score (nSPS) is 12.5. The van der Waals surface area contributed by atoms with E-state index in [9.17, 15) is 13.2 Å². The third kappa shape index (κ3) is 4.72. The Morgan fingerprint density at radius 1 is 1.21 bits per heavy atom. The molecular weight excluding hydrogens is 350 g/mol. The molecule has 0 spiro atoms. The fourth-order valence-electron chi connectivity index (χ4n) is 2.07. The average molecular weight is 368 g/mol. The van der Waals surface area contributed by atoms with Crippen LogP contribution in [0.15, 0.2) is 48.5 Å². The number of anilines is 1. The van der Waals surface area contributed by atoms with E-state index in [0.29, 0.717) is 22.0 Å². The molecule has 0 aliphatic carbocycles. The topological polar surface area (TPSA) is 72.5 Å². The standard InChI is InChI=1S/C17H18ClNO4S/c1-12(17(20)19-15-6-8-16(23-2)9-7-15)24(21,22)11-13-4-3-5-14(18)10-13/h3-10,12H,11H2,1-2H3,(H,19,20). The minimum absolute atomic E-state index is 0.245. The first-order chi connectivity index (χ1) is 11.3. The van der Waals surface area contributed by atoms with Crippen LogP contribution in [0.1, 0.15) is 12.5 Å². The van der Waals surface area contributed by atoms with Gasteiger partial charge in [-0.15, -0.1) is 0 Å². The molecule has 1 atom stereocenters. The van der Waals surface area contributed by atoms with E-state index in [-0.39, 0.29) is 5.75 Å². The van der Waals surface area contributed by atoms with Crippen LogP contribution in [0.25, 0.3) is 0 Å². The van der Waals surface area contributed by atoms with Crippen LogP contribution < -0.4 is 10.1 Å². The predicted octanol–water partition coefficient (Wildman–Crippen LogP) is 3.29. The number of rotatable bonds is 6. The number of hydrogen-bond acceptors (Lipinski definition) is 4. The number of carbonyl (C=O) groups excluding carboxylic acids is 1. The van der Waals surface area contributed by atoms with Gasteiger partial charge in [-0.2, -0.15) is 0 Å². The number of amides is 1. The fraction of sp³-hybridized carbons (Fsp3) is 0.235. The molecule has 2 rings (SSSR count). The molecule has 2 aromatic carbocycles. The molecule has 0 aromatic heterocycles. The van der Waals surface area contributed by atoms with Gasteiger partial charge in [0.05, 0.1) is 12.9 Å². The van der Waals surface area contributed by atoms with Crippen molar-refractivity contribution in [3.63, 3.8) is 0 Å². The molecule has 7 heteroatoms. The Morgan fingerprint density at radius 2 is 1.88 bits per heavy atom. The highest BCUT2D eigenvalue weighted by molar-refractivity contribution is 7.92. The first kappa shape index (κ1) is 18.3. The number of sulfone groups is 1. The van der Waals surface area contributed by atoms with Crippen molar-refractivity contribution in [2.24, 2.45) is 0 Å². The van der Waals surface area contributed by atoms with E-state index in [4.69, 9.17) is 16.3 Å². The zero-order valence-electron chi connectivity index (χ0n) is 13.3. The Kier molecular flexibility index (Phi) is 5.85. The zero-order valence-corrected chi connectivity index (χ0v) is 14.9. The molecule has 2 aromatic rings. The quantitative estimate of drug-likeness (QED) is 0.850. The minimum atomic E-state index is -3.66. The summed E-state index contributed by atoms with van der Waals surface area (Å²) in [6.45, 7) is 1.37. The fourth-order valence-corrected chi connectivity index (χ4v) is 3.56. The molecule has 0 saturated heterocycles. The van der Waals surface area contributed by atoms with Gasteiger partial charge < -0.3 is 10.1 Å². The maximum atomic E-state index is 12.4.